The Morgan fingerprint density at radius 1 is 1.29 bits per heavy atom. The SMILES string of the molecule is CC1CCCCC1NC(=O)c1cc2ccccc2c(Cl)n1. The van der Waals surface area contributed by atoms with Crippen molar-refractivity contribution in [2.75, 3.05) is 0 Å². The van der Waals surface area contributed by atoms with Crippen molar-refractivity contribution in [3.63, 3.8) is 0 Å². The quantitative estimate of drug-likeness (QED) is 0.845. The Hall–Kier alpha value is -1.61. The highest BCUT2D eigenvalue weighted by atomic mass is 35.5. The van der Waals surface area contributed by atoms with Gasteiger partial charge in [-0.25, -0.2) is 4.98 Å². The number of nitrogens with zero attached hydrogens (tertiary/aromatic N) is 1. The lowest BCUT2D eigenvalue weighted by molar-refractivity contribution is 0.0905. The van der Waals surface area contributed by atoms with E-state index in [0.29, 0.717) is 16.8 Å². The van der Waals surface area contributed by atoms with Crippen molar-refractivity contribution in [2.24, 2.45) is 5.92 Å². The van der Waals surface area contributed by atoms with Gasteiger partial charge < -0.3 is 5.32 Å². The zero-order valence-corrected chi connectivity index (χ0v) is 12.9. The highest BCUT2D eigenvalue weighted by molar-refractivity contribution is 6.34. The van der Waals surface area contributed by atoms with Crippen LogP contribution in [0.2, 0.25) is 5.15 Å². The molecule has 1 aromatic carbocycles. The van der Waals surface area contributed by atoms with E-state index in [1.807, 2.05) is 30.3 Å². The zero-order valence-electron chi connectivity index (χ0n) is 12.1. The average Bonchev–Trinajstić information content (AvgIpc) is 2.49. The van der Waals surface area contributed by atoms with E-state index >= 15 is 0 Å². The lowest BCUT2D eigenvalue weighted by atomic mass is 9.86. The summed E-state index contributed by atoms with van der Waals surface area (Å²) in [4.78, 5) is 16.7. The largest absolute Gasteiger partial charge is 0.348 e. The van der Waals surface area contributed by atoms with Gasteiger partial charge in [0.15, 0.2) is 0 Å². The maximum Gasteiger partial charge on any atom is 0.270 e. The number of carbonyl (C=O) groups is 1. The third-order valence-corrected chi connectivity index (χ3v) is 4.64. The molecule has 0 radical (unpaired) electrons. The highest BCUT2D eigenvalue weighted by Crippen LogP contribution is 2.25. The van der Waals surface area contributed by atoms with Crippen molar-refractivity contribution in [2.45, 2.75) is 38.6 Å². The van der Waals surface area contributed by atoms with Gasteiger partial charge >= 0.3 is 0 Å². The second-order valence-electron chi connectivity index (χ2n) is 5.86. The molecule has 0 saturated heterocycles. The number of amides is 1. The van der Waals surface area contributed by atoms with Crippen LogP contribution in [0.5, 0.6) is 0 Å². The number of hydrogen-bond acceptors (Lipinski definition) is 2. The van der Waals surface area contributed by atoms with E-state index in [2.05, 4.69) is 17.2 Å². The fourth-order valence-corrected chi connectivity index (χ4v) is 3.31. The van der Waals surface area contributed by atoms with Gasteiger partial charge in [0.1, 0.15) is 10.8 Å². The van der Waals surface area contributed by atoms with E-state index in [-0.39, 0.29) is 11.9 Å². The number of benzene rings is 1. The van der Waals surface area contributed by atoms with Crippen LogP contribution in [-0.2, 0) is 0 Å². The van der Waals surface area contributed by atoms with Crippen LogP contribution in [0.1, 0.15) is 43.1 Å². The molecule has 110 valence electrons. The van der Waals surface area contributed by atoms with E-state index in [0.717, 1.165) is 17.2 Å². The summed E-state index contributed by atoms with van der Waals surface area (Å²) < 4.78 is 0. The minimum absolute atomic E-state index is 0.124. The summed E-state index contributed by atoms with van der Waals surface area (Å²) in [5.41, 5.74) is 0.400. The Bertz CT molecular complexity index is 671. The van der Waals surface area contributed by atoms with Gasteiger partial charge in [-0.05, 0) is 30.2 Å². The standard InChI is InChI=1S/C17H19ClN2O/c1-11-6-2-5-9-14(11)20-17(21)15-10-12-7-3-4-8-13(12)16(18)19-15/h3-4,7-8,10-11,14H,2,5-6,9H2,1H3,(H,20,21). The molecule has 1 fully saturated rings. The number of halogens is 1. The maximum absolute atomic E-state index is 12.4. The van der Waals surface area contributed by atoms with Crippen LogP contribution >= 0.6 is 11.6 Å². The Balaban J connectivity index is 1.84. The lowest BCUT2D eigenvalue weighted by Gasteiger charge is -2.29. The molecule has 2 atom stereocenters. The molecule has 0 spiro atoms. The van der Waals surface area contributed by atoms with E-state index in [9.17, 15) is 4.79 Å². The summed E-state index contributed by atoms with van der Waals surface area (Å²) in [7, 11) is 0. The fourth-order valence-electron chi connectivity index (χ4n) is 3.05. The molecule has 0 bridgehead atoms. The summed E-state index contributed by atoms with van der Waals surface area (Å²) >= 11 is 6.19. The number of pyridine rings is 1. The predicted molar refractivity (Wildman–Crippen MR) is 85.6 cm³/mol. The molecule has 21 heavy (non-hydrogen) atoms. The first-order valence-corrected chi connectivity index (χ1v) is 7.89. The highest BCUT2D eigenvalue weighted by Gasteiger charge is 2.24. The van der Waals surface area contributed by atoms with E-state index in [1.54, 1.807) is 0 Å². The van der Waals surface area contributed by atoms with Crippen LogP contribution in [0.4, 0.5) is 0 Å². The molecule has 1 aromatic heterocycles. The summed E-state index contributed by atoms with van der Waals surface area (Å²) in [6.07, 6.45) is 4.67. The minimum atomic E-state index is -0.124. The molecular formula is C17H19ClN2O. The topological polar surface area (TPSA) is 42.0 Å². The first-order valence-electron chi connectivity index (χ1n) is 7.51. The summed E-state index contributed by atoms with van der Waals surface area (Å²) in [6, 6.07) is 9.77. The van der Waals surface area contributed by atoms with Crippen molar-refractivity contribution in [1.29, 1.82) is 0 Å². The molecule has 1 aliphatic rings. The Morgan fingerprint density at radius 3 is 2.86 bits per heavy atom. The number of fused-ring (bicyclic) bond motifs is 1. The second kappa shape index (κ2) is 6.02. The summed E-state index contributed by atoms with van der Waals surface area (Å²) in [5, 5.41) is 5.32. The van der Waals surface area contributed by atoms with Crippen molar-refractivity contribution >= 4 is 28.3 Å². The number of rotatable bonds is 2. The van der Waals surface area contributed by atoms with Crippen molar-refractivity contribution in [1.82, 2.24) is 10.3 Å². The van der Waals surface area contributed by atoms with Gasteiger partial charge in [-0.3, -0.25) is 4.79 Å². The number of hydrogen-bond donors (Lipinski definition) is 1. The zero-order chi connectivity index (χ0) is 14.8. The molecule has 2 unspecified atom stereocenters. The monoisotopic (exact) mass is 302 g/mol. The van der Waals surface area contributed by atoms with Gasteiger partial charge in [0.25, 0.3) is 5.91 Å². The molecule has 3 nitrogen and oxygen atoms in total. The van der Waals surface area contributed by atoms with Gasteiger partial charge in [0.05, 0.1) is 0 Å². The van der Waals surface area contributed by atoms with E-state index in [4.69, 9.17) is 11.6 Å². The van der Waals surface area contributed by atoms with Gasteiger partial charge in [0.2, 0.25) is 0 Å². The van der Waals surface area contributed by atoms with Gasteiger partial charge in [-0.1, -0.05) is 55.6 Å². The Kier molecular flexibility index (Phi) is 4.11. The molecule has 2 aromatic rings. The molecule has 4 heteroatoms. The van der Waals surface area contributed by atoms with Crippen molar-refractivity contribution < 1.29 is 4.79 Å². The van der Waals surface area contributed by atoms with Crippen molar-refractivity contribution in [3.8, 4) is 0 Å². The first-order chi connectivity index (χ1) is 10.1. The van der Waals surface area contributed by atoms with E-state index < -0.39 is 0 Å². The van der Waals surface area contributed by atoms with Crippen molar-refractivity contribution in [3.05, 3.63) is 41.2 Å². The minimum Gasteiger partial charge on any atom is -0.348 e. The number of nitrogens with one attached hydrogen (secondary N) is 1. The molecule has 1 aliphatic carbocycles. The third-order valence-electron chi connectivity index (χ3n) is 4.35. The predicted octanol–water partition coefficient (Wildman–Crippen LogP) is 4.20. The molecule has 3 rings (SSSR count). The Labute approximate surface area is 129 Å². The lowest BCUT2D eigenvalue weighted by Crippen LogP contribution is -2.41. The van der Waals surface area contributed by atoms with Gasteiger partial charge in [-0.15, -0.1) is 0 Å². The van der Waals surface area contributed by atoms with Gasteiger partial charge in [0, 0.05) is 11.4 Å². The normalized spacial score (nSPS) is 22.2. The molecule has 0 aliphatic heterocycles. The number of carbonyl (C=O) groups excluding carboxylic acids is 1. The van der Waals surface area contributed by atoms with Crippen LogP contribution < -0.4 is 5.32 Å². The summed E-state index contributed by atoms with van der Waals surface area (Å²) in [6.45, 7) is 2.20. The van der Waals surface area contributed by atoms with Crippen LogP contribution in [-0.4, -0.2) is 16.9 Å². The molecule has 1 N–H and O–H groups in total. The fraction of sp³-hybridized carbons (Fsp3) is 0.412. The summed E-state index contributed by atoms with van der Waals surface area (Å²) in [5.74, 6) is 0.403. The Morgan fingerprint density at radius 2 is 2.05 bits per heavy atom. The van der Waals surface area contributed by atoms with E-state index in [1.165, 1.54) is 19.3 Å². The maximum atomic E-state index is 12.4. The van der Waals surface area contributed by atoms with Gasteiger partial charge in [-0.2, -0.15) is 0 Å². The van der Waals surface area contributed by atoms with Crippen LogP contribution in [0.25, 0.3) is 10.8 Å². The molecule has 1 saturated carbocycles. The molecule has 1 heterocycles. The average molecular weight is 303 g/mol. The number of aromatic nitrogens is 1. The first kappa shape index (κ1) is 14.3. The molecular weight excluding hydrogens is 284 g/mol. The van der Waals surface area contributed by atoms with Crippen LogP contribution in [0.15, 0.2) is 30.3 Å². The van der Waals surface area contributed by atoms with Crippen LogP contribution in [0.3, 0.4) is 0 Å². The second-order valence-corrected chi connectivity index (χ2v) is 6.22. The third kappa shape index (κ3) is 3.03. The van der Waals surface area contributed by atoms with Crippen LogP contribution in [0, 0.1) is 5.92 Å². The smallest absolute Gasteiger partial charge is 0.270 e. The molecule has 1 amide bonds.